The maximum atomic E-state index is 9.07. The van der Waals surface area contributed by atoms with E-state index >= 15 is 0 Å². The second-order valence-corrected chi connectivity index (χ2v) is 2.81. The first-order valence-electron chi connectivity index (χ1n) is 3.80. The molecule has 0 atom stereocenters. The van der Waals surface area contributed by atoms with E-state index in [0.717, 1.165) is 18.6 Å². The molecular weight excluding hydrogens is 140 g/mol. The fourth-order valence-corrected chi connectivity index (χ4v) is 0.935. The second-order valence-electron chi connectivity index (χ2n) is 2.81. The minimum absolute atomic E-state index is 0.267. The summed E-state index contributed by atoms with van der Waals surface area (Å²) >= 11 is 0. The molecule has 1 aromatic rings. The van der Waals surface area contributed by atoms with Crippen LogP contribution < -0.4 is 4.74 Å². The largest absolute Gasteiger partial charge is 0.508 e. The molecule has 11 heavy (non-hydrogen) atoms. The van der Waals surface area contributed by atoms with Gasteiger partial charge in [-0.3, -0.25) is 0 Å². The molecule has 0 aliphatic heterocycles. The summed E-state index contributed by atoms with van der Waals surface area (Å²) in [6.07, 6.45) is 2.70. The van der Waals surface area contributed by atoms with Gasteiger partial charge in [-0.15, -0.1) is 0 Å². The van der Waals surface area contributed by atoms with Crippen molar-refractivity contribution in [3.63, 3.8) is 0 Å². The van der Waals surface area contributed by atoms with Crippen molar-refractivity contribution in [1.29, 1.82) is 0 Å². The third-order valence-electron chi connectivity index (χ3n) is 1.64. The summed E-state index contributed by atoms with van der Waals surface area (Å²) in [5, 5.41) is 9.07. The molecule has 58 valence electrons. The quantitative estimate of drug-likeness (QED) is 0.698. The minimum Gasteiger partial charge on any atom is -0.508 e. The number of phenolic OH excluding ortho intramolecular Hbond substituents is 1. The van der Waals surface area contributed by atoms with Gasteiger partial charge in [0, 0.05) is 6.07 Å². The van der Waals surface area contributed by atoms with Crippen LogP contribution in [0.25, 0.3) is 0 Å². The molecule has 0 unspecified atom stereocenters. The van der Waals surface area contributed by atoms with Crippen LogP contribution in [0.15, 0.2) is 24.3 Å². The second kappa shape index (κ2) is 2.46. The lowest BCUT2D eigenvalue weighted by molar-refractivity contribution is 0.301. The van der Waals surface area contributed by atoms with Crippen LogP contribution in [0.1, 0.15) is 12.8 Å². The lowest BCUT2D eigenvalue weighted by atomic mass is 10.3. The first kappa shape index (κ1) is 6.53. The highest BCUT2D eigenvalue weighted by Gasteiger charge is 2.23. The van der Waals surface area contributed by atoms with Crippen LogP contribution in [0.4, 0.5) is 0 Å². The molecule has 0 amide bonds. The predicted molar refractivity (Wildman–Crippen MR) is 41.8 cm³/mol. The zero-order valence-corrected chi connectivity index (χ0v) is 6.16. The van der Waals surface area contributed by atoms with Crippen molar-refractivity contribution in [1.82, 2.24) is 0 Å². The van der Waals surface area contributed by atoms with E-state index in [1.54, 1.807) is 18.2 Å². The van der Waals surface area contributed by atoms with Gasteiger partial charge in [-0.1, -0.05) is 6.07 Å². The summed E-state index contributed by atoms with van der Waals surface area (Å²) in [6.45, 7) is 0. The highest BCUT2D eigenvalue weighted by molar-refractivity contribution is 5.32. The summed E-state index contributed by atoms with van der Waals surface area (Å²) in [6, 6.07) is 6.92. The standard InChI is InChI=1S/C9H10O2/c10-7-2-1-3-9(6-7)11-8-4-5-8/h1-3,6,8,10H,4-5H2. The number of phenols is 1. The van der Waals surface area contributed by atoms with Gasteiger partial charge < -0.3 is 9.84 Å². The highest BCUT2D eigenvalue weighted by atomic mass is 16.5. The van der Waals surface area contributed by atoms with Crippen LogP contribution in [0, 0.1) is 0 Å². The first-order valence-corrected chi connectivity index (χ1v) is 3.80. The topological polar surface area (TPSA) is 29.5 Å². The van der Waals surface area contributed by atoms with Crippen LogP contribution in [0.5, 0.6) is 11.5 Å². The molecule has 0 heterocycles. The summed E-state index contributed by atoms with van der Waals surface area (Å²) in [4.78, 5) is 0. The molecule has 2 nitrogen and oxygen atoms in total. The molecule has 0 bridgehead atoms. The monoisotopic (exact) mass is 150 g/mol. The molecule has 1 aliphatic carbocycles. The molecule has 0 spiro atoms. The third-order valence-corrected chi connectivity index (χ3v) is 1.64. The predicted octanol–water partition coefficient (Wildman–Crippen LogP) is 1.93. The van der Waals surface area contributed by atoms with Gasteiger partial charge in [-0.05, 0) is 25.0 Å². The van der Waals surface area contributed by atoms with Gasteiger partial charge in [0.25, 0.3) is 0 Å². The van der Waals surface area contributed by atoms with Crippen molar-refractivity contribution in [2.45, 2.75) is 18.9 Å². The number of aromatic hydroxyl groups is 1. The third kappa shape index (κ3) is 1.64. The molecule has 1 N–H and O–H groups in total. The summed E-state index contributed by atoms with van der Waals surface area (Å²) < 4.78 is 5.45. The van der Waals surface area contributed by atoms with Crippen molar-refractivity contribution in [3.05, 3.63) is 24.3 Å². The minimum atomic E-state index is 0.267. The molecular formula is C9H10O2. The van der Waals surface area contributed by atoms with Gasteiger partial charge >= 0.3 is 0 Å². The van der Waals surface area contributed by atoms with Gasteiger partial charge in [-0.25, -0.2) is 0 Å². The Labute approximate surface area is 65.4 Å². The number of rotatable bonds is 2. The van der Waals surface area contributed by atoms with Gasteiger partial charge in [0.2, 0.25) is 0 Å². The Balaban J connectivity index is 2.10. The maximum Gasteiger partial charge on any atom is 0.123 e. The van der Waals surface area contributed by atoms with Gasteiger partial charge in [0.05, 0.1) is 6.10 Å². The summed E-state index contributed by atoms with van der Waals surface area (Å²) in [5.41, 5.74) is 0. The molecule has 2 heteroatoms. The van der Waals surface area contributed by atoms with E-state index in [2.05, 4.69) is 0 Å². The van der Waals surface area contributed by atoms with Gasteiger partial charge in [0.1, 0.15) is 11.5 Å². The average Bonchev–Trinajstić information content (AvgIpc) is 2.71. The van der Waals surface area contributed by atoms with E-state index < -0.39 is 0 Å². The molecule has 1 aromatic carbocycles. The van der Waals surface area contributed by atoms with Crippen LogP contribution in [-0.4, -0.2) is 11.2 Å². The number of hydrogen-bond acceptors (Lipinski definition) is 2. The number of ether oxygens (including phenoxy) is 1. The summed E-state index contributed by atoms with van der Waals surface area (Å²) in [5.74, 6) is 1.04. The van der Waals surface area contributed by atoms with Crippen molar-refractivity contribution in [2.24, 2.45) is 0 Å². The van der Waals surface area contributed by atoms with Gasteiger partial charge in [-0.2, -0.15) is 0 Å². The number of benzene rings is 1. The number of hydrogen-bond donors (Lipinski definition) is 1. The van der Waals surface area contributed by atoms with Gasteiger partial charge in [0.15, 0.2) is 0 Å². The lowest BCUT2D eigenvalue weighted by Gasteiger charge is -2.02. The first-order chi connectivity index (χ1) is 5.34. The van der Waals surface area contributed by atoms with E-state index in [-0.39, 0.29) is 5.75 Å². The summed E-state index contributed by atoms with van der Waals surface area (Å²) in [7, 11) is 0. The fourth-order valence-electron chi connectivity index (χ4n) is 0.935. The Morgan fingerprint density at radius 3 is 2.82 bits per heavy atom. The normalized spacial score (nSPS) is 16.4. The lowest BCUT2D eigenvalue weighted by Crippen LogP contribution is -1.94. The SMILES string of the molecule is Oc1cccc(OC2CC2)c1. The van der Waals surface area contributed by atoms with Crippen LogP contribution in [-0.2, 0) is 0 Å². The maximum absolute atomic E-state index is 9.07. The highest BCUT2D eigenvalue weighted by Crippen LogP contribution is 2.28. The Bertz CT molecular complexity index is 253. The molecule has 2 rings (SSSR count). The van der Waals surface area contributed by atoms with Crippen molar-refractivity contribution in [3.8, 4) is 11.5 Å². The van der Waals surface area contributed by atoms with E-state index in [9.17, 15) is 0 Å². The van der Waals surface area contributed by atoms with E-state index in [1.807, 2.05) is 6.07 Å². The van der Waals surface area contributed by atoms with Crippen LogP contribution >= 0.6 is 0 Å². The van der Waals surface area contributed by atoms with Crippen molar-refractivity contribution >= 4 is 0 Å². The van der Waals surface area contributed by atoms with E-state index in [4.69, 9.17) is 9.84 Å². The molecule has 0 radical (unpaired) electrons. The van der Waals surface area contributed by atoms with E-state index in [0.29, 0.717) is 6.10 Å². The van der Waals surface area contributed by atoms with Crippen LogP contribution in [0.2, 0.25) is 0 Å². The van der Waals surface area contributed by atoms with Crippen LogP contribution in [0.3, 0.4) is 0 Å². The fraction of sp³-hybridized carbons (Fsp3) is 0.333. The Morgan fingerprint density at radius 2 is 2.18 bits per heavy atom. The van der Waals surface area contributed by atoms with Crippen molar-refractivity contribution in [2.75, 3.05) is 0 Å². The Hall–Kier alpha value is -1.18. The zero-order chi connectivity index (χ0) is 7.68. The molecule has 0 aromatic heterocycles. The Morgan fingerprint density at radius 1 is 1.36 bits per heavy atom. The Kier molecular flexibility index (Phi) is 1.46. The zero-order valence-electron chi connectivity index (χ0n) is 6.16. The van der Waals surface area contributed by atoms with E-state index in [1.165, 1.54) is 0 Å². The smallest absolute Gasteiger partial charge is 0.123 e. The molecule has 1 fully saturated rings. The molecule has 1 aliphatic rings. The van der Waals surface area contributed by atoms with Crippen molar-refractivity contribution < 1.29 is 9.84 Å². The average molecular weight is 150 g/mol. The molecule has 1 saturated carbocycles. The molecule has 0 saturated heterocycles.